The number of halogens is 3. The lowest BCUT2D eigenvalue weighted by molar-refractivity contribution is -0.137. The minimum atomic E-state index is -4.63. The van der Waals surface area contributed by atoms with Gasteiger partial charge in [0.05, 0.1) is 12.2 Å². The van der Waals surface area contributed by atoms with Crippen LogP contribution in [-0.2, 0) is 22.1 Å². The van der Waals surface area contributed by atoms with Gasteiger partial charge in [0.25, 0.3) is 0 Å². The number of ether oxygens (including phenoxy) is 2. The van der Waals surface area contributed by atoms with Gasteiger partial charge >= 0.3 is 11.4 Å². The highest BCUT2D eigenvalue weighted by Crippen LogP contribution is 2.38. The van der Waals surface area contributed by atoms with Crippen molar-refractivity contribution in [1.29, 1.82) is 5.26 Å². The zero-order valence-corrected chi connectivity index (χ0v) is 16.2. The highest BCUT2D eigenvalue weighted by Gasteiger charge is 2.35. The van der Waals surface area contributed by atoms with Crippen LogP contribution in [0.3, 0.4) is 0 Å². The summed E-state index contributed by atoms with van der Waals surface area (Å²) in [6, 6.07) is 13.8. The van der Waals surface area contributed by atoms with Crippen LogP contribution in [0.1, 0.15) is 36.1 Å². The quantitative estimate of drug-likeness (QED) is 0.265. The van der Waals surface area contributed by atoms with Crippen molar-refractivity contribution in [2.75, 3.05) is 6.61 Å². The molecule has 2 aromatic rings. The van der Waals surface area contributed by atoms with Crippen LogP contribution < -0.4 is 0 Å². The third-order valence-corrected chi connectivity index (χ3v) is 4.12. The zero-order valence-electron chi connectivity index (χ0n) is 15.3. The molecule has 0 aliphatic carbocycles. The maximum Gasteiger partial charge on any atom is 0.417 e. The number of hydrogen-bond donors (Lipinski definition) is 0. The molecule has 0 unspecified atom stereocenters. The van der Waals surface area contributed by atoms with Gasteiger partial charge in [-0.05, 0) is 30.5 Å². The van der Waals surface area contributed by atoms with Crippen molar-refractivity contribution in [3.05, 3.63) is 70.8 Å². The number of thiocarbonyl (C=S) groups is 1. The Bertz CT molecular complexity index is 912. The lowest BCUT2D eigenvalue weighted by Gasteiger charge is -2.18. The Morgan fingerprint density at radius 3 is 2.25 bits per heavy atom. The fraction of sp³-hybridized carbons (Fsp3) is 0.238. The van der Waals surface area contributed by atoms with Crippen LogP contribution in [0.15, 0.2) is 48.5 Å². The molecule has 7 heteroatoms. The zero-order chi connectivity index (χ0) is 20.7. The predicted octanol–water partition coefficient (Wildman–Crippen LogP) is 6.00. The molecule has 0 N–H and O–H groups in total. The summed E-state index contributed by atoms with van der Waals surface area (Å²) in [6.45, 7) is 3.82. The fourth-order valence-corrected chi connectivity index (χ4v) is 2.75. The molecule has 0 aromatic heterocycles. The van der Waals surface area contributed by atoms with Gasteiger partial charge in [-0.3, -0.25) is 0 Å². The first kappa shape index (κ1) is 21.5. The number of benzene rings is 2. The molecule has 2 aromatic carbocycles. The van der Waals surface area contributed by atoms with Crippen LogP contribution in [0.5, 0.6) is 0 Å². The summed E-state index contributed by atoms with van der Waals surface area (Å²) >= 11 is 4.95. The van der Waals surface area contributed by atoms with E-state index in [1.807, 2.05) is 13.0 Å². The maximum atomic E-state index is 13.5. The van der Waals surface area contributed by atoms with Gasteiger partial charge < -0.3 is 9.47 Å². The number of nitriles is 1. The Morgan fingerprint density at radius 2 is 1.71 bits per heavy atom. The van der Waals surface area contributed by atoms with E-state index in [1.54, 1.807) is 31.2 Å². The van der Waals surface area contributed by atoms with Gasteiger partial charge in [0, 0.05) is 17.8 Å². The van der Waals surface area contributed by atoms with Gasteiger partial charge in [0.1, 0.15) is 11.6 Å². The largest absolute Gasteiger partial charge is 0.457 e. The number of aryl methyl sites for hydroxylation is 1. The Balaban J connectivity index is 2.72. The molecule has 0 bridgehead atoms. The highest BCUT2D eigenvalue weighted by molar-refractivity contribution is 7.79. The standard InChI is InChI=1S/C21H18F3NO2S/c1-3-14-9-11-15(12-10-14)17(13-25)19(27-20(28)26-4-2)16-7-5-6-8-18(16)21(22,23)24/h5-12H,3-4H2,1-2H3. The number of alkyl halides is 3. The summed E-state index contributed by atoms with van der Waals surface area (Å²) in [6.07, 6.45) is -3.84. The maximum absolute atomic E-state index is 13.5. The van der Waals surface area contributed by atoms with E-state index in [4.69, 9.17) is 21.7 Å². The lowest BCUT2D eigenvalue weighted by atomic mass is 9.97. The number of allylic oxidation sites excluding steroid dienone is 1. The smallest absolute Gasteiger partial charge is 0.417 e. The third kappa shape index (κ3) is 5.11. The SMILES string of the molecule is CCOC(=S)OC(=C(C#N)c1ccc(CC)cc1)c1ccccc1C(F)(F)F. The molecule has 28 heavy (non-hydrogen) atoms. The molecular formula is C21H18F3NO2S. The minimum Gasteiger partial charge on any atom is -0.457 e. The topological polar surface area (TPSA) is 42.2 Å². The van der Waals surface area contributed by atoms with Crippen molar-refractivity contribution in [1.82, 2.24) is 0 Å². The molecule has 0 fully saturated rings. The van der Waals surface area contributed by atoms with E-state index in [0.717, 1.165) is 18.1 Å². The second-order valence-electron chi connectivity index (χ2n) is 5.69. The molecular weight excluding hydrogens is 387 g/mol. The van der Waals surface area contributed by atoms with E-state index in [9.17, 15) is 18.4 Å². The van der Waals surface area contributed by atoms with Crippen LogP contribution >= 0.6 is 12.2 Å². The molecule has 0 spiro atoms. The monoisotopic (exact) mass is 405 g/mol. The Hall–Kier alpha value is -2.85. The summed E-state index contributed by atoms with van der Waals surface area (Å²) in [5, 5.41) is 9.37. The number of nitrogens with zero attached hydrogens (tertiary/aromatic N) is 1. The molecule has 0 radical (unpaired) electrons. The van der Waals surface area contributed by atoms with E-state index in [2.05, 4.69) is 0 Å². The predicted molar refractivity (Wildman–Crippen MR) is 105 cm³/mol. The second-order valence-corrected chi connectivity index (χ2v) is 6.03. The summed E-state index contributed by atoms with van der Waals surface area (Å²) in [7, 11) is 0. The molecule has 0 heterocycles. The van der Waals surface area contributed by atoms with Crippen molar-refractivity contribution in [3.63, 3.8) is 0 Å². The van der Waals surface area contributed by atoms with E-state index in [0.29, 0.717) is 5.56 Å². The van der Waals surface area contributed by atoms with Crippen LogP contribution in [0.25, 0.3) is 11.3 Å². The van der Waals surface area contributed by atoms with Gasteiger partial charge in [-0.25, -0.2) is 0 Å². The molecule has 0 saturated carbocycles. The fourth-order valence-electron chi connectivity index (χ4n) is 2.55. The van der Waals surface area contributed by atoms with Crippen molar-refractivity contribution in [2.45, 2.75) is 26.4 Å². The van der Waals surface area contributed by atoms with Crippen LogP contribution in [-0.4, -0.2) is 11.8 Å². The van der Waals surface area contributed by atoms with Crippen LogP contribution in [0.2, 0.25) is 0 Å². The Labute approximate surface area is 167 Å². The molecule has 146 valence electrons. The first-order chi connectivity index (χ1) is 13.3. The minimum absolute atomic E-state index is 0.0681. The summed E-state index contributed by atoms with van der Waals surface area (Å²) in [5.41, 5.74) is 0.173. The number of rotatable bonds is 5. The summed E-state index contributed by atoms with van der Waals surface area (Å²) in [5.74, 6) is -0.293. The Kier molecular flexibility index (Phi) is 7.18. The van der Waals surface area contributed by atoms with E-state index < -0.39 is 11.7 Å². The molecule has 0 amide bonds. The van der Waals surface area contributed by atoms with Gasteiger partial charge in [-0.2, -0.15) is 18.4 Å². The molecule has 3 nitrogen and oxygen atoms in total. The van der Waals surface area contributed by atoms with Gasteiger partial charge in [0.2, 0.25) is 0 Å². The average Bonchev–Trinajstić information content (AvgIpc) is 2.68. The van der Waals surface area contributed by atoms with E-state index >= 15 is 0 Å². The van der Waals surface area contributed by atoms with Gasteiger partial charge in [0.15, 0.2) is 5.76 Å². The average molecular weight is 405 g/mol. The first-order valence-corrected chi connectivity index (χ1v) is 8.97. The van der Waals surface area contributed by atoms with Crippen molar-refractivity contribution in [3.8, 4) is 6.07 Å². The van der Waals surface area contributed by atoms with Gasteiger partial charge in [-0.15, -0.1) is 0 Å². The normalized spacial score (nSPS) is 12.0. The van der Waals surface area contributed by atoms with Crippen LogP contribution in [0, 0.1) is 11.3 Å². The first-order valence-electron chi connectivity index (χ1n) is 8.56. The van der Waals surface area contributed by atoms with Crippen molar-refractivity contribution >= 4 is 28.8 Å². The Morgan fingerprint density at radius 1 is 1.07 bits per heavy atom. The van der Waals surface area contributed by atoms with E-state index in [1.165, 1.54) is 18.2 Å². The van der Waals surface area contributed by atoms with Crippen molar-refractivity contribution in [2.24, 2.45) is 0 Å². The number of hydrogen-bond acceptors (Lipinski definition) is 4. The van der Waals surface area contributed by atoms with Gasteiger partial charge in [-0.1, -0.05) is 49.4 Å². The molecule has 0 atom stereocenters. The van der Waals surface area contributed by atoms with E-state index in [-0.39, 0.29) is 28.7 Å². The highest BCUT2D eigenvalue weighted by atomic mass is 32.1. The van der Waals surface area contributed by atoms with Crippen molar-refractivity contribution < 1.29 is 22.6 Å². The summed E-state index contributed by atoms with van der Waals surface area (Å²) in [4.78, 5) is 0. The third-order valence-electron chi connectivity index (χ3n) is 3.91. The molecule has 2 rings (SSSR count). The second kappa shape index (κ2) is 9.38. The molecule has 0 saturated heterocycles. The molecule has 0 aliphatic rings. The molecule has 0 aliphatic heterocycles. The van der Waals surface area contributed by atoms with Crippen LogP contribution in [0.4, 0.5) is 13.2 Å². The lowest BCUT2D eigenvalue weighted by Crippen LogP contribution is -2.13. The summed E-state index contributed by atoms with van der Waals surface area (Å²) < 4.78 is 51.1.